The molecule has 1 amide bonds. The van der Waals surface area contributed by atoms with Gasteiger partial charge in [-0.25, -0.2) is 0 Å². The van der Waals surface area contributed by atoms with Crippen LogP contribution in [0.3, 0.4) is 0 Å². The van der Waals surface area contributed by atoms with Gasteiger partial charge >= 0.3 is 0 Å². The number of benzene rings is 1. The first-order chi connectivity index (χ1) is 10.6. The number of aryl methyl sites for hydroxylation is 1. The van der Waals surface area contributed by atoms with Gasteiger partial charge < -0.3 is 9.73 Å². The zero-order chi connectivity index (χ0) is 15.7. The molecule has 22 heavy (non-hydrogen) atoms. The Bertz CT molecular complexity index is 741. The topological polar surface area (TPSA) is 85.4 Å². The molecular weight excluding hydrogens is 399 g/mol. The summed E-state index contributed by atoms with van der Waals surface area (Å²) in [6, 6.07) is 6.06. The Kier molecular flexibility index (Phi) is 4.14. The number of furan rings is 1. The first kappa shape index (κ1) is 15.0. The Morgan fingerprint density at radius 3 is 3.00 bits per heavy atom. The molecule has 114 valence electrons. The number of rotatable bonds is 3. The van der Waals surface area contributed by atoms with Crippen LogP contribution in [-0.2, 0) is 6.42 Å². The lowest BCUT2D eigenvalue weighted by atomic mass is 9.93. The molecule has 0 radical (unpaired) electrons. The van der Waals surface area contributed by atoms with Crippen LogP contribution >= 0.6 is 22.6 Å². The number of amides is 1. The standard InChI is InChI=1S/C15H13IN2O4/c16-12-5-4-9(18(20)21)8-11(12)15(19)17-13-2-1-3-14-10(13)6-7-22-14/h4-8,13H,1-3H2,(H,17,19). The molecule has 6 nitrogen and oxygen atoms in total. The Morgan fingerprint density at radius 1 is 1.41 bits per heavy atom. The minimum Gasteiger partial charge on any atom is -0.469 e. The van der Waals surface area contributed by atoms with E-state index in [1.165, 1.54) is 12.1 Å². The quantitative estimate of drug-likeness (QED) is 0.474. The van der Waals surface area contributed by atoms with Gasteiger partial charge in [0.05, 0.1) is 22.8 Å². The van der Waals surface area contributed by atoms with Crippen molar-refractivity contribution in [2.75, 3.05) is 0 Å². The molecule has 3 rings (SSSR count). The lowest BCUT2D eigenvalue weighted by Crippen LogP contribution is -2.31. The van der Waals surface area contributed by atoms with Crippen LogP contribution in [0.5, 0.6) is 0 Å². The fourth-order valence-corrected chi connectivity index (χ4v) is 3.25. The van der Waals surface area contributed by atoms with E-state index in [1.54, 1.807) is 12.3 Å². The van der Waals surface area contributed by atoms with Crippen molar-refractivity contribution < 1.29 is 14.1 Å². The van der Waals surface area contributed by atoms with Crippen molar-refractivity contribution in [2.24, 2.45) is 0 Å². The van der Waals surface area contributed by atoms with Crippen molar-refractivity contribution in [3.8, 4) is 0 Å². The molecule has 1 atom stereocenters. The highest BCUT2D eigenvalue weighted by atomic mass is 127. The van der Waals surface area contributed by atoms with Crippen LogP contribution in [0.1, 0.15) is 40.6 Å². The van der Waals surface area contributed by atoms with Gasteiger partial charge in [-0.3, -0.25) is 14.9 Å². The van der Waals surface area contributed by atoms with Crippen molar-refractivity contribution in [3.63, 3.8) is 0 Å². The van der Waals surface area contributed by atoms with Gasteiger partial charge in [0.25, 0.3) is 11.6 Å². The van der Waals surface area contributed by atoms with Crippen molar-refractivity contribution in [2.45, 2.75) is 25.3 Å². The van der Waals surface area contributed by atoms with E-state index in [2.05, 4.69) is 5.32 Å². The second-order valence-electron chi connectivity index (χ2n) is 5.14. The molecule has 0 bridgehead atoms. The fourth-order valence-electron chi connectivity index (χ4n) is 2.67. The second kappa shape index (κ2) is 6.07. The summed E-state index contributed by atoms with van der Waals surface area (Å²) in [4.78, 5) is 22.8. The number of halogens is 1. The van der Waals surface area contributed by atoms with Gasteiger partial charge in [-0.1, -0.05) is 0 Å². The SMILES string of the molecule is O=C(NC1CCCc2occc21)c1cc([N+](=O)[O-])ccc1I. The largest absolute Gasteiger partial charge is 0.469 e. The maximum atomic E-state index is 12.5. The van der Waals surface area contributed by atoms with Crippen LogP contribution in [0, 0.1) is 13.7 Å². The maximum Gasteiger partial charge on any atom is 0.270 e. The summed E-state index contributed by atoms with van der Waals surface area (Å²) in [7, 11) is 0. The van der Waals surface area contributed by atoms with Crippen LogP contribution < -0.4 is 5.32 Å². The summed E-state index contributed by atoms with van der Waals surface area (Å²) in [6.45, 7) is 0. The molecule has 1 aromatic heterocycles. The van der Waals surface area contributed by atoms with E-state index in [4.69, 9.17) is 4.42 Å². The Balaban J connectivity index is 1.84. The smallest absolute Gasteiger partial charge is 0.270 e. The summed E-state index contributed by atoms with van der Waals surface area (Å²) in [6.07, 6.45) is 4.29. The molecule has 7 heteroatoms. The minimum atomic E-state index is -0.498. The van der Waals surface area contributed by atoms with E-state index in [0.717, 1.165) is 30.6 Å². The molecule has 1 unspecified atom stereocenters. The van der Waals surface area contributed by atoms with Crippen LogP contribution in [0.2, 0.25) is 0 Å². The third-order valence-electron chi connectivity index (χ3n) is 3.76. The third-order valence-corrected chi connectivity index (χ3v) is 4.70. The van der Waals surface area contributed by atoms with Gasteiger partial charge in [0.2, 0.25) is 0 Å². The predicted molar refractivity (Wildman–Crippen MR) is 87.7 cm³/mol. The second-order valence-corrected chi connectivity index (χ2v) is 6.30. The molecule has 2 aromatic rings. The monoisotopic (exact) mass is 412 g/mol. The third kappa shape index (κ3) is 2.85. The summed E-state index contributed by atoms with van der Waals surface area (Å²) in [5.74, 6) is 0.609. The molecule has 0 spiro atoms. The van der Waals surface area contributed by atoms with Gasteiger partial charge in [0.15, 0.2) is 0 Å². The van der Waals surface area contributed by atoms with Gasteiger partial charge in [-0.2, -0.15) is 0 Å². The van der Waals surface area contributed by atoms with Gasteiger partial charge in [0, 0.05) is 27.7 Å². The van der Waals surface area contributed by atoms with E-state index in [0.29, 0.717) is 9.13 Å². The first-order valence-electron chi connectivity index (χ1n) is 6.87. The van der Waals surface area contributed by atoms with Crippen LogP contribution in [0.15, 0.2) is 34.9 Å². The van der Waals surface area contributed by atoms with E-state index in [9.17, 15) is 14.9 Å². The lowest BCUT2D eigenvalue weighted by Gasteiger charge is -2.23. The summed E-state index contributed by atoms with van der Waals surface area (Å²) in [5.41, 5.74) is 1.24. The predicted octanol–water partition coefficient (Wildman–Crippen LogP) is 3.60. The highest BCUT2D eigenvalue weighted by Crippen LogP contribution is 2.31. The zero-order valence-electron chi connectivity index (χ0n) is 11.5. The summed E-state index contributed by atoms with van der Waals surface area (Å²) < 4.78 is 6.09. The van der Waals surface area contributed by atoms with Crippen LogP contribution in [0.4, 0.5) is 5.69 Å². The number of fused-ring (bicyclic) bond motifs is 1. The number of carbonyl (C=O) groups excluding carboxylic acids is 1. The Hall–Kier alpha value is -1.90. The van der Waals surface area contributed by atoms with E-state index in [1.807, 2.05) is 28.7 Å². The van der Waals surface area contributed by atoms with E-state index in [-0.39, 0.29) is 17.6 Å². The van der Waals surface area contributed by atoms with Gasteiger partial charge in [-0.05, 0) is 47.6 Å². The molecule has 0 saturated heterocycles. The number of carbonyl (C=O) groups is 1. The molecule has 0 saturated carbocycles. The average Bonchev–Trinajstić information content (AvgIpc) is 2.97. The normalized spacial score (nSPS) is 16.9. The van der Waals surface area contributed by atoms with Gasteiger partial charge in [-0.15, -0.1) is 0 Å². The number of nitrogens with zero attached hydrogens (tertiary/aromatic N) is 1. The molecule has 1 aromatic carbocycles. The first-order valence-corrected chi connectivity index (χ1v) is 7.95. The molecule has 1 aliphatic carbocycles. The van der Waals surface area contributed by atoms with Crippen molar-refractivity contribution in [1.82, 2.24) is 5.32 Å². The molecule has 1 aliphatic rings. The number of hydrogen-bond donors (Lipinski definition) is 1. The fraction of sp³-hybridized carbons (Fsp3) is 0.267. The van der Waals surface area contributed by atoms with Crippen molar-refractivity contribution in [1.29, 1.82) is 0 Å². The molecule has 0 aliphatic heterocycles. The van der Waals surface area contributed by atoms with Crippen molar-refractivity contribution >= 4 is 34.2 Å². The van der Waals surface area contributed by atoms with Crippen molar-refractivity contribution in [3.05, 3.63) is 61.1 Å². The number of hydrogen-bond acceptors (Lipinski definition) is 4. The van der Waals surface area contributed by atoms with Crippen LogP contribution in [0.25, 0.3) is 0 Å². The molecule has 1 heterocycles. The van der Waals surface area contributed by atoms with Crippen LogP contribution in [-0.4, -0.2) is 10.8 Å². The summed E-state index contributed by atoms with van der Waals surface area (Å²) >= 11 is 2.01. The van der Waals surface area contributed by atoms with E-state index < -0.39 is 4.92 Å². The maximum absolute atomic E-state index is 12.5. The molecule has 1 N–H and O–H groups in total. The van der Waals surface area contributed by atoms with E-state index >= 15 is 0 Å². The number of nitrogens with one attached hydrogen (secondary N) is 1. The highest BCUT2D eigenvalue weighted by molar-refractivity contribution is 14.1. The number of nitro groups is 1. The Morgan fingerprint density at radius 2 is 2.23 bits per heavy atom. The number of non-ortho nitro benzene ring substituents is 1. The highest BCUT2D eigenvalue weighted by Gasteiger charge is 2.25. The zero-order valence-corrected chi connectivity index (χ0v) is 13.7. The average molecular weight is 412 g/mol. The Labute approximate surface area is 140 Å². The lowest BCUT2D eigenvalue weighted by molar-refractivity contribution is -0.384. The summed E-state index contributed by atoms with van der Waals surface area (Å²) in [5, 5.41) is 13.8. The number of nitro benzene ring substituents is 1. The molecular formula is C15H13IN2O4. The minimum absolute atomic E-state index is 0.0850. The molecule has 0 fully saturated rings. The van der Waals surface area contributed by atoms with Gasteiger partial charge in [0.1, 0.15) is 5.76 Å².